The molecule has 0 saturated carbocycles. The summed E-state index contributed by atoms with van der Waals surface area (Å²) in [7, 11) is 3.66. The van der Waals surface area contributed by atoms with E-state index in [1.807, 2.05) is 32.0 Å². The Balaban J connectivity index is 1.61. The Morgan fingerprint density at radius 2 is 2.00 bits per heavy atom. The van der Waals surface area contributed by atoms with E-state index in [-0.39, 0.29) is 5.91 Å². The first-order valence-corrected chi connectivity index (χ1v) is 9.00. The SMILES string of the molecule is CO[C@H]1CN(C(C)C)[C@H]1C1CCN(C(=O)c2cc(C)nn2C)CC1. The van der Waals surface area contributed by atoms with Gasteiger partial charge in [0.2, 0.25) is 0 Å². The van der Waals surface area contributed by atoms with E-state index in [0.717, 1.165) is 38.2 Å². The Labute approximate surface area is 144 Å². The van der Waals surface area contributed by atoms with E-state index in [1.165, 1.54) is 0 Å². The molecule has 0 radical (unpaired) electrons. The van der Waals surface area contributed by atoms with Gasteiger partial charge in [0.15, 0.2) is 0 Å². The van der Waals surface area contributed by atoms with Crippen LogP contribution in [0, 0.1) is 12.8 Å². The van der Waals surface area contributed by atoms with Gasteiger partial charge in [-0.15, -0.1) is 0 Å². The zero-order chi connectivity index (χ0) is 17.4. The summed E-state index contributed by atoms with van der Waals surface area (Å²) in [5.41, 5.74) is 1.58. The third-order valence-corrected chi connectivity index (χ3v) is 5.65. The topological polar surface area (TPSA) is 50.6 Å². The fraction of sp³-hybridized carbons (Fsp3) is 0.778. The van der Waals surface area contributed by atoms with Crippen LogP contribution in [0.5, 0.6) is 0 Å². The molecule has 1 aromatic heterocycles. The quantitative estimate of drug-likeness (QED) is 0.841. The van der Waals surface area contributed by atoms with Crippen LogP contribution in [0.4, 0.5) is 0 Å². The van der Waals surface area contributed by atoms with E-state index in [0.29, 0.717) is 29.8 Å². The molecule has 0 spiro atoms. The second-order valence-electron chi connectivity index (χ2n) is 7.48. The minimum atomic E-state index is 0.106. The molecule has 2 atom stereocenters. The van der Waals surface area contributed by atoms with Crippen LogP contribution in [0.3, 0.4) is 0 Å². The van der Waals surface area contributed by atoms with Gasteiger partial charge in [0.05, 0.1) is 11.8 Å². The van der Waals surface area contributed by atoms with Gasteiger partial charge in [0, 0.05) is 45.9 Å². The number of ether oxygens (including phenoxy) is 1. The van der Waals surface area contributed by atoms with Crippen molar-refractivity contribution in [3.63, 3.8) is 0 Å². The number of hydrogen-bond acceptors (Lipinski definition) is 4. The maximum Gasteiger partial charge on any atom is 0.272 e. The lowest BCUT2D eigenvalue weighted by Crippen LogP contribution is -2.66. The van der Waals surface area contributed by atoms with Crippen LogP contribution in [0.15, 0.2) is 6.07 Å². The summed E-state index contributed by atoms with van der Waals surface area (Å²) in [6, 6.07) is 2.94. The van der Waals surface area contributed by atoms with Crippen molar-refractivity contribution in [2.24, 2.45) is 13.0 Å². The molecule has 2 aliphatic heterocycles. The number of rotatable bonds is 4. The smallest absolute Gasteiger partial charge is 0.272 e. The van der Waals surface area contributed by atoms with E-state index < -0.39 is 0 Å². The lowest BCUT2D eigenvalue weighted by atomic mass is 9.79. The van der Waals surface area contributed by atoms with Crippen molar-refractivity contribution in [3.8, 4) is 0 Å². The van der Waals surface area contributed by atoms with Crippen molar-refractivity contribution in [1.29, 1.82) is 0 Å². The molecule has 2 fully saturated rings. The minimum absolute atomic E-state index is 0.106. The van der Waals surface area contributed by atoms with E-state index in [2.05, 4.69) is 23.8 Å². The summed E-state index contributed by atoms with van der Waals surface area (Å²) < 4.78 is 7.35. The Morgan fingerprint density at radius 1 is 1.33 bits per heavy atom. The molecule has 1 amide bonds. The molecule has 24 heavy (non-hydrogen) atoms. The molecule has 3 rings (SSSR count). The van der Waals surface area contributed by atoms with Gasteiger partial charge in [-0.2, -0.15) is 5.10 Å². The Kier molecular flexibility index (Phi) is 4.97. The van der Waals surface area contributed by atoms with E-state index >= 15 is 0 Å². The van der Waals surface area contributed by atoms with Gasteiger partial charge in [-0.1, -0.05) is 0 Å². The molecule has 1 aromatic rings. The number of nitrogens with zero attached hydrogens (tertiary/aromatic N) is 4. The van der Waals surface area contributed by atoms with Gasteiger partial charge >= 0.3 is 0 Å². The standard InChI is InChI=1S/C18H30N4O2/c1-12(2)22-11-16(24-5)17(22)14-6-8-21(9-7-14)18(23)15-10-13(3)19-20(15)4/h10,12,14,16-17H,6-9,11H2,1-5H3/t16-,17-/m0/s1. The third-order valence-electron chi connectivity index (χ3n) is 5.65. The zero-order valence-electron chi connectivity index (χ0n) is 15.5. The second kappa shape index (κ2) is 6.84. The van der Waals surface area contributed by atoms with Crippen LogP contribution in [0.1, 0.15) is 42.9 Å². The largest absolute Gasteiger partial charge is 0.378 e. The maximum absolute atomic E-state index is 12.7. The highest BCUT2D eigenvalue weighted by Gasteiger charge is 2.45. The minimum Gasteiger partial charge on any atom is -0.378 e. The number of likely N-dealkylation sites (tertiary alicyclic amines) is 2. The lowest BCUT2D eigenvalue weighted by molar-refractivity contribution is -0.128. The van der Waals surface area contributed by atoms with Crippen LogP contribution < -0.4 is 0 Å². The highest BCUT2D eigenvalue weighted by atomic mass is 16.5. The molecular weight excluding hydrogens is 304 g/mol. The first-order chi connectivity index (χ1) is 11.4. The van der Waals surface area contributed by atoms with Gasteiger partial charge in [-0.05, 0) is 45.6 Å². The third kappa shape index (κ3) is 3.09. The average molecular weight is 334 g/mol. The molecule has 3 heterocycles. The molecule has 2 aliphatic rings. The number of piperidine rings is 1. The van der Waals surface area contributed by atoms with Crippen LogP contribution in [-0.2, 0) is 11.8 Å². The number of carbonyl (C=O) groups excluding carboxylic acids is 1. The molecular formula is C18H30N4O2. The predicted octanol–water partition coefficient (Wildman–Crippen LogP) is 1.69. The lowest BCUT2D eigenvalue weighted by Gasteiger charge is -2.54. The molecule has 2 saturated heterocycles. The first kappa shape index (κ1) is 17.4. The Bertz CT molecular complexity index is 590. The maximum atomic E-state index is 12.7. The summed E-state index contributed by atoms with van der Waals surface area (Å²) in [6.07, 6.45) is 2.45. The monoisotopic (exact) mass is 334 g/mol. The van der Waals surface area contributed by atoms with Gasteiger partial charge < -0.3 is 9.64 Å². The normalized spacial score (nSPS) is 26.0. The number of aryl methyl sites for hydroxylation is 2. The van der Waals surface area contributed by atoms with Crippen LogP contribution in [0.2, 0.25) is 0 Å². The highest BCUT2D eigenvalue weighted by Crippen LogP contribution is 2.35. The van der Waals surface area contributed by atoms with Crippen LogP contribution in [-0.4, -0.2) is 70.4 Å². The Morgan fingerprint density at radius 3 is 2.50 bits per heavy atom. The summed E-state index contributed by atoms with van der Waals surface area (Å²) in [5.74, 6) is 0.720. The average Bonchev–Trinajstić information content (AvgIpc) is 2.85. The summed E-state index contributed by atoms with van der Waals surface area (Å²) in [4.78, 5) is 17.2. The summed E-state index contributed by atoms with van der Waals surface area (Å²) in [5, 5.41) is 4.29. The summed E-state index contributed by atoms with van der Waals surface area (Å²) in [6.45, 7) is 9.11. The molecule has 0 aromatic carbocycles. The van der Waals surface area contributed by atoms with E-state index in [1.54, 1.807) is 4.68 Å². The molecule has 6 heteroatoms. The molecule has 0 bridgehead atoms. The van der Waals surface area contributed by atoms with Crippen molar-refractivity contribution in [1.82, 2.24) is 19.6 Å². The first-order valence-electron chi connectivity index (χ1n) is 9.00. The fourth-order valence-corrected chi connectivity index (χ4v) is 4.27. The molecule has 0 unspecified atom stereocenters. The van der Waals surface area contributed by atoms with Crippen LogP contribution in [0.25, 0.3) is 0 Å². The second-order valence-corrected chi connectivity index (χ2v) is 7.48. The predicted molar refractivity (Wildman–Crippen MR) is 93.0 cm³/mol. The highest BCUT2D eigenvalue weighted by molar-refractivity contribution is 5.92. The fourth-order valence-electron chi connectivity index (χ4n) is 4.27. The van der Waals surface area contributed by atoms with E-state index in [9.17, 15) is 4.79 Å². The molecule has 134 valence electrons. The van der Waals surface area contributed by atoms with Gasteiger partial charge in [-0.3, -0.25) is 14.4 Å². The Hall–Kier alpha value is -1.40. The summed E-state index contributed by atoms with van der Waals surface area (Å²) >= 11 is 0. The zero-order valence-corrected chi connectivity index (χ0v) is 15.5. The number of methoxy groups -OCH3 is 1. The van der Waals surface area contributed by atoms with Gasteiger partial charge in [-0.25, -0.2) is 0 Å². The van der Waals surface area contributed by atoms with Crippen molar-refractivity contribution in [2.45, 2.75) is 51.8 Å². The molecule has 0 N–H and O–H groups in total. The van der Waals surface area contributed by atoms with Crippen LogP contribution >= 0.6 is 0 Å². The number of amides is 1. The number of aromatic nitrogens is 2. The van der Waals surface area contributed by atoms with Crippen molar-refractivity contribution in [3.05, 3.63) is 17.5 Å². The van der Waals surface area contributed by atoms with E-state index in [4.69, 9.17) is 4.74 Å². The number of hydrogen-bond donors (Lipinski definition) is 0. The number of carbonyl (C=O) groups is 1. The van der Waals surface area contributed by atoms with Crippen molar-refractivity contribution >= 4 is 5.91 Å². The van der Waals surface area contributed by atoms with Gasteiger partial charge in [0.25, 0.3) is 5.91 Å². The molecule has 6 nitrogen and oxygen atoms in total. The van der Waals surface area contributed by atoms with Crippen molar-refractivity contribution < 1.29 is 9.53 Å². The molecule has 0 aliphatic carbocycles. The van der Waals surface area contributed by atoms with Gasteiger partial charge in [0.1, 0.15) is 5.69 Å². The van der Waals surface area contributed by atoms with Crippen molar-refractivity contribution in [2.75, 3.05) is 26.7 Å².